The van der Waals surface area contributed by atoms with Gasteiger partial charge >= 0.3 is 16.5 Å². The van der Waals surface area contributed by atoms with Gasteiger partial charge in [-0.25, -0.2) is 0 Å². The van der Waals surface area contributed by atoms with E-state index in [4.69, 9.17) is 15.8 Å². The van der Waals surface area contributed by atoms with E-state index in [0.717, 1.165) is 0 Å². The molecule has 1 aliphatic heterocycles. The Balaban J connectivity index is 0.00000199. The number of hydrogen-bond donors (Lipinski definition) is 0. The molecule has 0 fully saturated rings. The van der Waals surface area contributed by atoms with Crippen LogP contribution in [0.2, 0.25) is 0 Å². The van der Waals surface area contributed by atoms with Crippen molar-refractivity contribution in [1.82, 2.24) is 0 Å². The Morgan fingerprint density at radius 1 is 0.657 bits per heavy atom. The van der Waals surface area contributed by atoms with E-state index >= 15 is 0 Å². The van der Waals surface area contributed by atoms with Crippen LogP contribution in [-0.4, -0.2) is 22.6 Å². The fourth-order valence-electron chi connectivity index (χ4n) is 6.03. The fraction of sp³-hybridized carbons (Fsp3) is 0.586. The largest absolute Gasteiger partial charge is 2.00 e. The molecule has 0 amide bonds. The second-order valence-corrected chi connectivity index (χ2v) is 19.2. The van der Waals surface area contributed by atoms with E-state index < -0.39 is 15.8 Å². The maximum atomic E-state index is 7.25. The van der Waals surface area contributed by atoms with Gasteiger partial charge in [-0.2, -0.15) is 0 Å². The molecule has 0 N–H and O–H groups in total. The van der Waals surface area contributed by atoms with Crippen molar-refractivity contribution in [2.45, 2.75) is 111 Å². The van der Waals surface area contributed by atoms with Gasteiger partial charge in [0.25, 0.3) is 0 Å². The minimum absolute atomic E-state index is 0. The first kappa shape index (κ1) is 32.2. The summed E-state index contributed by atoms with van der Waals surface area (Å²) >= 11 is 0. The quantitative estimate of drug-likeness (QED) is 0.258. The molecule has 6 heteroatoms. The van der Waals surface area contributed by atoms with Crippen molar-refractivity contribution < 1.29 is 16.5 Å². The van der Waals surface area contributed by atoms with Crippen LogP contribution in [-0.2, 0) is 21.9 Å². The first-order valence-corrected chi connectivity index (χ1v) is 16.0. The number of benzene rings is 2. The maximum Gasteiger partial charge on any atom is 2.00 e. The fourth-order valence-corrected chi connectivity index (χ4v) is 12.9. The van der Waals surface area contributed by atoms with Gasteiger partial charge in [-0.3, -0.25) is 0 Å². The summed E-state index contributed by atoms with van der Waals surface area (Å²) in [6.45, 7) is 28.7. The smallest absolute Gasteiger partial charge is 0.651 e. The summed E-state index contributed by atoms with van der Waals surface area (Å²) < 4.78 is 0. The molecule has 2 aromatic rings. The predicted octanol–water partition coefficient (Wildman–Crippen LogP) is 8.91. The first-order valence-electron chi connectivity index (χ1n) is 12.7. The molecular formula is C29H46N2NiOP2+2. The van der Waals surface area contributed by atoms with Crippen LogP contribution in [0.5, 0.6) is 0 Å². The predicted molar refractivity (Wildman–Crippen MR) is 160 cm³/mol. The Labute approximate surface area is 227 Å². The molecule has 0 radical (unpaired) electrons. The summed E-state index contributed by atoms with van der Waals surface area (Å²) in [5.41, 5.74) is 16.7. The molecule has 0 aromatic heterocycles. The van der Waals surface area contributed by atoms with Gasteiger partial charge in [0.05, 0.1) is 33.2 Å². The van der Waals surface area contributed by atoms with Crippen LogP contribution >= 0.6 is 15.8 Å². The van der Waals surface area contributed by atoms with Crippen molar-refractivity contribution in [3.05, 3.63) is 62.3 Å². The molecule has 1 aliphatic rings. The van der Waals surface area contributed by atoms with Crippen LogP contribution in [0.25, 0.3) is 10.9 Å². The van der Waals surface area contributed by atoms with Crippen molar-refractivity contribution in [3.8, 4) is 0 Å². The molecule has 3 nitrogen and oxygen atoms in total. The summed E-state index contributed by atoms with van der Waals surface area (Å²) in [7, 11) is -1.46. The van der Waals surface area contributed by atoms with Crippen molar-refractivity contribution in [2.75, 3.05) is 0 Å². The number of hydrogen-bond acceptors (Lipinski definition) is 1. The van der Waals surface area contributed by atoms with Gasteiger partial charge in [0.1, 0.15) is 0 Å². The van der Waals surface area contributed by atoms with E-state index in [9.17, 15) is 0 Å². The number of nitrogens with zero attached hydrogens (tertiary/aromatic N) is 2. The van der Waals surface area contributed by atoms with Crippen LogP contribution in [0.4, 0.5) is 11.4 Å². The van der Waals surface area contributed by atoms with Crippen LogP contribution < -0.4 is 10.6 Å². The topological polar surface area (TPSA) is 53.5 Å². The summed E-state index contributed by atoms with van der Waals surface area (Å²) in [6.07, 6.45) is 0. The minimum Gasteiger partial charge on any atom is -0.651 e. The van der Waals surface area contributed by atoms with Crippen molar-refractivity contribution in [2.24, 2.45) is 0 Å². The molecule has 35 heavy (non-hydrogen) atoms. The molecule has 2 aromatic carbocycles. The van der Waals surface area contributed by atoms with Gasteiger partial charge in [-0.15, -0.1) is 0 Å². The van der Waals surface area contributed by atoms with E-state index in [2.05, 4.69) is 107 Å². The van der Waals surface area contributed by atoms with E-state index in [-0.39, 0.29) is 21.9 Å². The van der Waals surface area contributed by atoms with Gasteiger partial charge in [0, 0.05) is 21.3 Å². The van der Waals surface area contributed by atoms with Crippen LogP contribution in [0.1, 0.15) is 91.5 Å². The molecule has 0 aliphatic carbocycles. The Morgan fingerprint density at radius 3 is 1.20 bits per heavy atom. The van der Waals surface area contributed by atoms with Gasteiger partial charge in [-0.1, -0.05) is 37.4 Å². The first-order chi connectivity index (χ1) is 15.8. The number of aryl methyl sites for hydroxylation is 2. The number of nitroso groups, excluding NO2 is 1. The molecule has 0 atom stereocenters. The third-order valence-electron chi connectivity index (χ3n) is 7.19. The third kappa shape index (κ3) is 6.37. The molecule has 0 saturated heterocycles. The molecule has 196 valence electrons. The maximum absolute atomic E-state index is 7.25. The Hall–Kier alpha value is -0.806. The zero-order valence-corrected chi connectivity index (χ0v) is 26.7. The SMILES string of the molecule is Cc1cc([PH+](C(C)C)C(C)C)c2c(c1)C(C)(C)c1cc(C)cc([PH+](C(C)C)C(C)C)c1[N-]2.[N-]=O.[Ni+2]. The van der Waals surface area contributed by atoms with Gasteiger partial charge in [0.2, 0.25) is 0 Å². The molecule has 1 heterocycles. The Bertz CT molecular complexity index is 925. The molecule has 0 unspecified atom stereocenters. The second-order valence-electron chi connectivity index (χ2n) is 11.7. The minimum atomic E-state index is -0.728. The van der Waals surface area contributed by atoms with E-state index in [1.165, 1.54) is 33.6 Å². The van der Waals surface area contributed by atoms with Gasteiger partial charge in [-0.05, 0) is 104 Å². The molecule has 0 bridgehead atoms. The average Bonchev–Trinajstić information content (AvgIpc) is 2.70. The molecule has 3 rings (SSSR count). The normalized spacial score (nSPS) is 14.0. The van der Waals surface area contributed by atoms with Crippen LogP contribution in [0.3, 0.4) is 0 Å². The van der Waals surface area contributed by atoms with Gasteiger partial charge in [0.15, 0.2) is 0 Å². The zero-order chi connectivity index (χ0) is 26.1. The monoisotopic (exact) mass is 558 g/mol. The average molecular weight is 559 g/mol. The summed E-state index contributed by atoms with van der Waals surface area (Å²) in [6, 6.07) is 9.79. The molecular weight excluding hydrogens is 513 g/mol. The summed E-state index contributed by atoms with van der Waals surface area (Å²) in [5, 5.41) is 8.73. The third-order valence-corrected chi connectivity index (χ3v) is 14.2. The van der Waals surface area contributed by atoms with E-state index in [1.54, 1.807) is 10.6 Å². The summed E-state index contributed by atoms with van der Waals surface area (Å²) in [4.78, 5) is 7.25. The number of rotatable bonds is 6. The van der Waals surface area contributed by atoms with Crippen LogP contribution in [0, 0.1) is 18.8 Å². The summed E-state index contributed by atoms with van der Waals surface area (Å²) in [5.74, 6) is 0. The Morgan fingerprint density at radius 2 is 0.943 bits per heavy atom. The van der Waals surface area contributed by atoms with Crippen LogP contribution in [0.15, 0.2) is 24.3 Å². The molecule has 0 spiro atoms. The Kier molecular flexibility index (Phi) is 11.6. The van der Waals surface area contributed by atoms with E-state index in [0.29, 0.717) is 22.6 Å². The van der Waals surface area contributed by atoms with Crippen molar-refractivity contribution in [1.29, 1.82) is 0 Å². The molecule has 0 saturated carbocycles. The van der Waals surface area contributed by atoms with E-state index in [1.807, 2.05) is 0 Å². The van der Waals surface area contributed by atoms with Crippen molar-refractivity contribution in [3.63, 3.8) is 0 Å². The van der Waals surface area contributed by atoms with Gasteiger partial charge < -0.3 is 15.8 Å². The number of fused-ring (bicyclic) bond motifs is 2. The standard InChI is InChI=1S/C29H44NP2.NO.Ni/c1-17(2)31(18(3)4)25-15-21(9)13-23-27(25)30-28-24(29(23,11)12)14-22(10)16-26(28)32(19(5)6)20(7)8;1-2;/h13-20H,1-12H3;;/q2*-1;+2/p+2. The second kappa shape index (κ2) is 12.6. The van der Waals surface area contributed by atoms with Crippen molar-refractivity contribution >= 4 is 37.8 Å². The zero-order valence-electron chi connectivity index (χ0n) is 23.7.